The zero-order chi connectivity index (χ0) is 19.1. The van der Waals surface area contributed by atoms with Crippen molar-refractivity contribution in [2.45, 2.75) is 12.1 Å². The van der Waals surface area contributed by atoms with Crippen LogP contribution < -0.4 is 14.8 Å². The number of benzene rings is 2. The summed E-state index contributed by atoms with van der Waals surface area (Å²) in [5.74, 6) is 1.30. The van der Waals surface area contributed by atoms with Gasteiger partial charge in [-0.15, -0.1) is 10.2 Å². The first-order valence-corrected chi connectivity index (χ1v) is 9.59. The van der Waals surface area contributed by atoms with Crippen molar-refractivity contribution in [1.29, 1.82) is 0 Å². The highest BCUT2D eigenvalue weighted by atomic mass is 32.2. The Morgan fingerprint density at radius 1 is 1.18 bits per heavy atom. The minimum Gasteiger partial charge on any atom is -0.454 e. The Bertz CT molecular complexity index is 1220. The van der Waals surface area contributed by atoms with Gasteiger partial charge in [-0.25, -0.2) is 4.98 Å². The quantitative estimate of drug-likeness (QED) is 0.513. The first-order chi connectivity index (χ1) is 13.7. The van der Waals surface area contributed by atoms with E-state index in [0.29, 0.717) is 28.0 Å². The third-order valence-corrected chi connectivity index (χ3v) is 5.18. The molecule has 5 rings (SSSR count). The number of H-pyrrole nitrogens is 1. The highest BCUT2D eigenvalue weighted by molar-refractivity contribution is 7.99. The maximum absolute atomic E-state index is 12.2. The molecule has 0 fully saturated rings. The van der Waals surface area contributed by atoms with Gasteiger partial charge in [0.15, 0.2) is 17.1 Å². The number of nitrogens with one attached hydrogen (secondary N) is 2. The van der Waals surface area contributed by atoms with E-state index in [2.05, 4.69) is 31.5 Å². The smallest absolute Gasteiger partial charge is 0.234 e. The Balaban J connectivity index is 1.28. The van der Waals surface area contributed by atoms with E-state index in [1.54, 1.807) is 18.2 Å². The van der Waals surface area contributed by atoms with Crippen molar-refractivity contribution in [2.75, 3.05) is 17.9 Å². The molecule has 140 valence electrons. The number of fused-ring (bicyclic) bond motifs is 4. The zero-order valence-electron chi connectivity index (χ0n) is 14.9. The molecule has 2 aromatic carbocycles. The molecule has 8 nitrogen and oxygen atoms in total. The summed E-state index contributed by atoms with van der Waals surface area (Å²) in [6.45, 7) is 2.23. The van der Waals surface area contributed by atoms with Crippen molar-refractivity contribution in [1.82, 2.24) is 20.2 Å². The lowest BCUT2D eigenvalue weighted by atomic mass is 10.2. The number of carbonyl (C=O) groups is 1. The van der Waals surface area contributed by atoms with E-state index >= 15 is 0 Å². The number of anilines is 1. The summed E-state index contributed by atoms with van der Waals surface area (Å²) in [5.41, 5.74) is 4.15. The average Bonchev–Trinajstić information content (AvgIpc) is 3.29. The molecule has 28 heavy (non-hydrogen) atoms. The summed E-state index contributed by atoms with van der Waals surface area (Å²) in [5, 5.41) is 12.7. The van der Waals surface area contributed by atoms with Gasteiger partial charge in [-0.3, -0.25) is 4.79 Å². The third kappa shape index (κ3) is 3.09. The zero-order valence-corrected chi connectivity index (χ0v) is 15.7. The van der Waals surface area contributed by atoms with Gasteiger partial charge in [-0.1, -0.05) is 23.4 Å². The van der Waals surface area contributed by atoms with Gasteiger partial charge in [-0.2, -0.15) is 0 Å². The number of thioether (sulfide) groups is 1. The van der Waals surface area contributed by atoms with Gasteiger partial charge in [0.25, 0.3) is 0 Å². The molecule has 1 aliphatic heterocycles. The minimum atomic E-state index is -0.167. The van der Waals surface area contributed by atoms with Crippen LogP contribution in [0.2, 0.25) is 0 Å². The lowest BCUT2D eigenvalue weighted by Gasteiger charge is -2.05. The largest absolute Gasteiger partial charge is 0.454 e. The maximum Gasteiger partial charge on any atom is 0.234 e. The molecule has 0 radical (unpaired) electrons. The molecule has 0 atom stereocenters. The predicted octanol–water partition coefficient (Wildman–Crippen LogP) is 3.27. The molecule has 2 N–H and O–H groups in total. The molecular formula is C19H15N5O3S. The van der Waals surface area contributed by atoms with Gasteiger partial charge < -0.3 is 19.8 Å². The van der Waals surface area contributed by atoms with E-state index in [4.69, 9.17) is 9.47 Å². The maximum atomic E-state index is 12.2. The van der Waals surface area contributed by atoms with Gasteiger partial charge >= 0.3 is 0 Å². The van der Waals surface area contributed by atoms with Crippen LogP contribution >= 0.6 is 11.8 Å². The predicted molar refractivity (Wildman–Crippen MR) is 106 cm³/mol. The summed E-state index contributed by atoms with van der Waals surface area (Å²) < 4.78 is 10.6. The van der Waals surface area contributed by atoms with Crippen LogP contribution in [0.4, 0.5) is 5.69 Å². The van der Waals surface area contributed by atoms with Gasteiger partial charge in [0.2, 0.25) is 17.9 Å². The minimum absolute atomic E-state index is 0.167. The molecule has 0 saturated carbocycles. The van der Waals surface area contributed by atoms with Gasteiger partial charge in [0.05, 0.1) is 5.75 Å². The third-order valence-electron chi connectivity index (χ3n) is 4.34. The van der Waals surface area contributed by atoms with Crippen LogP contribution in [0.3, 0.4) is 0 Å². The van der Waals surface area contributed by atoms with Crippen molar-refractivity contribution in [3.8, 4) is 11.5 Å². The number of aromatic amines is 1. The second-order valence-corrected chi connectivity index (χ2v) is 7.31. The summed E-state index contributed by atoms with van der Waals surface area (Å²) in [4.78, 5) is 20.0. The number of hydrogen-bond donors (Lipinski definition) is 2. The number of nitrogens with zero attached hydrogens (tertiary/aromatic N) is 3. The van der Waals surface area contributed by atoms with Crippen molar-refractivity contribution < 1.29 is 14.3 Å². The number of aryl methyl sites for hydroxylation is 1. The highest BCUT2D eigenvalue weighted by Crippen LogP contribution is 2.34. The summed E-state index contributed by atoms with van der Waals surface area (Å²) in [6, 6.07) is 11.4. The second kappa shape index (κ2) is 6.68. The van der Waals surface area contributed by atoms with E-state index in [9.17, 15) is 4.79 Å². The topological polar surface area (TPSA) is 102 Å². The molecule has 2 aromatic heterocycles. The van der Waals surface area contributed by atoms with Crippen LogP contribution in [0.25, 0.3) is 22.1 Å². The van der Waals surface area contributed by atoms with Crippen LogP contribution in [-0.4, -0.2) is 38.6 Å². The van der Waals surface area contributed by atoms with Crippen LogP contribution in [0.5, 0.6) is 11.5 Å². The average molecular weight is 393 g/mol. The van der Waals surface area contributed by atoms with Crippen molar-refractivity contribution in [3.05, 3.63) is 42.0 Å². The Hall–Kier alpha value is -3.33. The standard InChI is InChI=1S/C19H15N5O3S/c1-10-2-4-13-12(6-10)17-18(21-13)22-19(24-23-17)28-8-16(25)20-11-3-5-14-15(7-11)27-9-26-14/h2-7H,8-9H2,1H3,(H,20,25)(H,21,22,24). The fourth-order valence-corrected chi connectivity index (χ4v) is 3.62. The summed E-state index contributed by atoms with van der Waals surface area (Å²) in [6.07, 6.45) is 0. The first-order valence-electron chi connectivity index (χ1n) is 8.61. The molecule has 1 aliphatic rings. The van der Waals surface area contributed by atoms with Crippen molar-refractivity contribution in [2.24, 2.45) is 0 Å². The number of rotatable bonds is 4. The Morgan fingerprint density at radius 2 is 2.07 bits per heavy atom. The fourth-order valence-electron chi connectivity index (χ4n) is 3.03. The normalized spacial score (nSPS) is 12.6. The van der Waals surface area contributed by atoms with Crippen molar-refractivity contribution in [3.63, 3.8) is 0 Å². The van der Waals surface area contributed by atoms with Crippen LogP contribution in [0.1, 0.15) is 5.56 Å². The Labute approximate surface area is 163 Å². The van der Waals surface area contributed by atoms with E-state index in [0.717, 1.165) is 22.0 Å². The molecule has 3 heterocycles. The van der Waals surface area contributed by atoms with Gasteiger partial charge in [0.1, 0.15) is 5.52 Å². The molecule has 0 saturated heterocycles. The molecule has 0 bridgehead atoms. The summed E-state index contributed by atoms with van der Waals surface area (Å²) in [7, 11) is 0. The number of hydrogen-bond acceptors (Lipinski definition) is 7. The van der Waals surface area contributed by atoms with E-state index in [1.165, 1.54) is 11.8 Å². The Morgan fingerprint density at radius 3 is 3.00 bits per heavy atom. The molecule has 4 aromatic rings. The van der Waals surface area contributed by atoms with Crippen molar-refractivity contribution >= 4 is 45.4 Å². The fraction of sp³-hybridized carbons (Fsp3) is 0.158. The van der Waals surface area contributed by atoms with E-state index in [1.807, 2.05) is 19.1 Å². The first kappa shape index (κ1) is 16.8. The summed E-state index contributed by atoms with van der Waals surface area (Å²) >= 11 is 1.23. The van der Waals surface area contributed by atoms with E-state index in [-0.39, 0.29) is 18.5 Å². The molecule has 9 heteroatoms. The molecule has 1 amide bonds. The monoisotopic (exact) mass is 393 g/mol. The molecule has 0 aliphatic carbocycles. The number of ether oxygens (including phenoxy) is 2. The van der Waals surface area contributed by atoms with Gasteiger partial charge in [0, 0.05) is 22.7 Å². The molecule has 0 spiro atoms. The van der Waals surface area contributed by atoms with Crippen LogP contribution in [0.15, 0.2) is 41.6 Å². The van der Waals surface area contributed by atoms with Crippen LogP contribution in [-0.2, 0) is 4.79 Å². The SMILES string of the molecule is Cc1ccc2[nH]c3nc(SCC(=O)Nc4ccc5c(c4)OCO5)nnc3c2c1. The molecule has 0 unspecified atom stereocenters. The van der Waals surface area contributed by atoms with Gasteiger partial charge in [-0.05, 0) is 31.2 Å². The number of aromatic nitrogens is 4. The Kier molecular flexibility index (Phi) is 4.01. The lowest BCUT2D eigenvalue weighted by Crippen LogP contribution is -2.14. The van der Waals surface area contributed by atoms with Crippen LogP contribution in [0, 0.1) is 6.92 Å². The molecular weight excluding hydrogens is 378 g/mol. The number of carbonyl (C=O) groups excluding carboxylic acids is 1. The second-order valence-electron chi connectivity index (χ2n) is 6.37. The highest BCUT2D eigenvalue weighted by Gasteiger charge is 2.15. The van der Waals surface area contributed by atoms with E-state index < -0.39 is 0 Å². The number of amides is 1. The lowest BCUT2D eigenvalue weighted by molar-refractivity contribution is -0.113.